The first-order valence-electron chi connectivity index (χ1n) is 9.47. The van der Waals surface area contributed by atoms with Crippen molar-refractivity contribution in [2.45, 2.75) is 19.4 Å². The van der Waals surface area contributed by atoms with Crippen LogP contribution in [0.15, 0.2) is 54.1 Å². The van der Waals surface area contributed by atoms with Crippen LogP contribution in [0.4, 0.5) is 0 Å². The molecule has 1 heterocycles. The van der Waals surface area contributed by atoms with E-state index in [-0.39, 0.29) is 11.3 Å². The average Bonchev–Trinajstić information content (AvgIpc) is 2.99. The molecule has 0 aromatic heterocycles. The summed E-state index contributed by atoms with van der Waals surface area (Å²) in [5.74, 6) is -0.808. The first-order valence-corrected chi connectivity index (χ1v) is 9.47. The van der Waals surface area contributed by atoms with Gasteiger partial charge in [0.2, 0.25) is 0 Å². The van der Waals surface area contributed by atoms with E-state index in [1.165, 1.54) is 4.90 Å². The largest absolute Gasteiger partial charge is 0.507 e. The number of ketones is 1. The second-order valence-corrected chi connectivity index (χ2v) is 6.93. The van der Waals surface area contributed by atoms with Gasteiger partial charge in [-0.3, -0.25) is 9.59 Å². The van der Waals surface area contributed by atoms with Crippen molar-refractivity contribution >= 4 is 17.4 Å². The number of nitrogens with zero attached hydrogens (tertiary/aromatic N) is 1. The van der Waals surface area contributed by atoms with E-state index in [0.29, 0.717) is 30.9 Å². The zero-order valence-electron chi connectivity index (χ0n) is 16.8. The Morgan fingerprint density at radius 3 is 2.45 bits per heavy atom. The fraction of sp³-hybridized carbons (Fsp3) is 0.304. The normalized spacial score (nSPS) is 18.3. The zero-order chi connectivity index (χ0) is 21.0. The molecule has 152 valence electrons. The number of aliphatic hydroxyl groups excluding tert-OH is 1. The molecular weight excluding hydrogens is 370 g/mol. The Morgan fingerprint density at radius 2 is 1.83 bits per heavy atom. The summed E-state index contributed by atoms with van der Waals surface area (Å²) in [6, 6.07) is 13.8. The molecule has 0 saturated carbocycles. The summed E-state index contributed by atoms with van der Waals surface area (Å²) in [5.41, 5.74) is 2.13. The van der Waals surface area contributed by atoms with Gasteiger partial charge in [-0.15, -0.1) is 0 Å². The number of Topliss-reactive ketones (excluding diaryl/α,β-unsaturated/α-hetero) is 1. The van der Waals surface area contributed by atoms with Crippen LogP contribution in [-0.2, 0) is 14.3 Å². The quantitative estimate of drug-likeness (QED) is 0.336. The van der Waals surface area contributed by atoms with E-state index in [0.717, 1.165) is 11.1 Å². The van der Waals surface area contributed by atoms with Crippen LogP contribution in [0.2, 0.25) is 0 Å². The number of hydrogen-bond donors (Lipinski definition) is 1. The molecule has 1 aliphatic heterocycles. The number of aliphatic hydroxyl groups is 1. The number of carbonyl (C=O) groups is 2. The molecule has 1 saturated heterocycles. The predicted octanol–water partition coefficient (Wildman–Crippen LogP) is 3.46. The van der Waals surface area contributed by atoms with Gasteiger partial charge in [0.05, 0.1) is 18.7 Å². The summed E-state index contributed by atoms with van der Waals surface area (Å²) in [5, 5.41) is 11.1. The van der Waals surface area contributed by atoms with Gasteiger partial charge in [-0.05, 0) is 42.7 Å². The molecular formula is C23H25NO5. The lowest BCUT2D eigenvalue weighted by molar-refractivity contribution is -0.140. The lowest BCUT2D eigenvalue weighted by Crippen LogP contribution is -2.31. The minimum atomic E-state index is -0.677. The van der Waals surface area contributed by atoms with Gasteiger partial charge in [-0.25, -0.2) is 0 Å². The molecule has 0 bridgehead atoms. The minimum absolute atomic E-state index is 0.104. The molecule has 0 spiro atoms. The third-order valence-electron chi connectivity index (χ3n) is 5.09. The molecule has 2 aromatic rings. The Hall–Kier alpha value is -3.12. The van der Waals surface area contributed by atoms with Crippen molar-refractivity contribution in [2.75, 3.05) is 27.4 Å². The lowest BCUT2D eigenvalue weighted by atomic mass is 9.94. The smallest absolute Gasteiger partial charge is 0.295 e. The van der Waals surface area contributed by atoms with Crippen LogP contribution in [0.3, 0.4) is 0 Å². The molecule has 1 aliphatic rings. The molecule has 0 radical (unpaired) electrons. The number of likely N-dealkylation sites (tertiary alicyclic amines) is 1. The second kappa shape index (κ2) is 8.92. The molecule has 0 unspecified atom stereocenters. The van der Waals surface area contributed by atoms with Crippen LogP contribution < -0.4 is 4.74 Å². The molecule has 29 heavy (non-hydrogen) atoms. The minimum Gasteiger partial charge on any atom is -0.507 e. The molecule has 1 N–H and O–H groups in total. The SMILES string of the molecule is COCCCN1C(=O)C(=O)/C(=C(/O)c2ccc(OC)cc2C)[C@@H]1c1ccccc1. The number of aryl methyl sites for hydroxylation is 1. The number of benzene rings is 2. The van der Waals surface area contributed by atoms with Crippen molar-refractivity contribution in [1.29, 1.82) is 0 Å². The maximum Gasteiger partial charge on any atom is 0.295 e. The fourth-order valence-corrected chi connectivity index (χ4v) is 3.65. The third-order valence-corrected chi connectivity index (χ3v) is 5.09. The second-order valence-electron chi connectivity index (χ2n) is 6.93. The van der Waals surface area contributed by atoms with E-state index >= 15 is 0 Å². The van der Waals surface area contributed by atoms with Crippen molar-refractivity contribution in [2.24, 2.45) is 0 Å². The molecule has 2 aromatic carbocycles. The van der Waals surface area contributed by atoms with E-state index in [4.69, 9.17) is 9.47 Å². The topological polar surface area (TPSA) is 76.1 Å². The highest BCUT2D eigenvalue weighted by atomic mass is 16.5. The van der Waals surface area contributed by atoms with Crippen molar-refractivity contribution < 1.29 is 24.2 Å². The van der Waals surface area contributed by atoms with E-state index in [9.17, 15) is 14.7 Å². The predicted molar refractivity (Wildman–Crippen MR) is 110 cm³/mol. The lowest BCUT2D eigenvalue weighted by Gasteiger charge is -2.25. The summed E-state index contributed by atoms with van der Waals surface area (Å²) >= 11 is 0. The Labute approximate surface area is 170 Å². The van der Waals surface area contributed by atoms with E-state index in [2.05, 4.69) is 0 Å². The Bertz CT molecular complexity index is 936. The van der Waals surface area contributed by atoms with Crippen LogP contribution in [0.25, 0.3) is 5.76 Å². The third kappa shape index (κ3) is 4.03. The van der Waals surface area contributed by atoms with E-state index in [1.54, 1.807) is 32.4 Å². The Morgan fingerprint density at radius 1 is 1.10 bits per heavy atom. The maximum absolute atomic E-state index is 12.9. The van der Waals surface area contributed by atoms with Crippen LogP contribution in [-0.4, -0.2) is 49.1 Å². The number of amides is 1. The summed E-state index contributed by atoms with van der Waals surface area (Å²) < 4.78 is 10.3. The molecule has 1 fully saturated rings. The number of rotatable bonds is 7. The summed E-state index contributed by atoms with van der Waals surface area (Å²) in [6.45, 7) is 2.65. The fourth-order valence-electron chi connectivity index (χ4n) is 3.65. The van der Waals surface area contributed by atoms with Gasteiger partial charge in [0.1, 0.15) is 11.5 Å². The van der Waals surface area contributed by atoms with Crippen LogP contribution in [0.1, 0.15) is 29.2 Å². The summed E-state index contributed by atoms with van der Waals surface area (Å²) in [6.07, 6.45) is 0.592. The standard InChI is InChI=1S/C23H25NO5/c1-15-14-17(29-3)10-11-18(15)21(25)19-20(16-8-5-4-6-9-16)24(12-7-13-28-2)23(27)22(19)26/h4-6,8-11,14,20,25H,7,12-13H2,1-3H3/b21-19+/t20-/m0/s1. The monoisotopic (exact) mass is 395 g/mol. The first-order chi connectivity index (χ1) is 14.0. The first kappa shape index (κ1) is 20.6. The molecule has 6 heteroatoms. The van der Waals surface area contributed by atoms with Crippen molar-refractivity contribution in [3.05, 3.63) is 70.8 Å². The Balaban J connectivity index is 2.12. The highest BCUT2D eigenvalue weighted by Gasteiger charge is 2.45. The summed E-state index contributed by atoms with van der Waals surface area (Å²) in [7, 11) is 3.16. The van der Waals surface area contributed by atoms with Crippen LogP contribution in [0.5, 0.6) is 5.75 Å². The van der Waals surface area contributed by atoms with Crippen LogP contribution in [0, 0.1) is 6.92 Å². The molecule has 1 atom stereocenters. The highest BCUT2D eigenvalue weighted by Crippen LogP contribution is 2.40. The van der Waals surface area contributed by atoms with Gasteiger partial charge >= 0.3 is 0 Å². The number of carbonyl (C=O) groups excluding carboxylic acids is 2. The van der Waals surface area contributed by atoms with Gasteiger partial charge in [0.15, 0.2) is 0 Å². The van der Waals surface area contributed by atoms with E-state index in [1.807, 2.05) is 37.3 Å². The molecule has 1 amide bonds. The van der Waals surface area contributed by atoms with Crippen LogP contribution >= 0.6 is 0 Å². The van der Waals surface area contributed by atoms with Gasteiger partial charge in [0, 0.05) is 25.8 Å². The van der Waals surface area contributed by atoms with Gasteiger partial charge in [-0.1, -0.05) is 30.3 Å². The van der Waals surface area contributed by atoms with Crippen molar-refractivity contribution in [1.82, 2.24) is 4.90 Å². The van der Waals surface area contributed by atoms with Gasteiger partial charge < -0.3 is 19.5 Å². The van der Waals surface area contributed by atoms with E-state index < -0.39 is 17.7 Å². The zero-order valence-corrected chi connectivity index (χ0v) is 16.8. The molecule has 3 rings (SSSR count). The van der Waals surface area contributed by atoms with Crippen molar-refractivity contribution in [3.8, 4) is 5.75 Å². The number of ether oxygens (including phenoxy) is 2. The highest BCUT2D eigenvalue weighted by molar-refractivity contribution is 6.46. The Kier molecular flexibility index (Phi) is 6.34. The number of methoxy groups -OCH3 is 2. The molecule has 6 nitrogen and oxygen atoms in total. The average molecular weight is 395 g/mol. The van der Waals surface area contributed by atoms with Gasteiger partial charge in [-0.2, -0.15) is 0 Å². The summed E-state index contributed by atoms with van der Waals surface area (Å²) in [4.78, 5) is 27.2. The molecule has 0 aliphatic carbocycles. The maximum atomic E-state index is 12.9. The van der Waals surface area contributed by atoms with Crippen molar-refractivity contribution in [3.63, 3.8) is 0 Å². The van der Waals surface area contributed by atoms with Gasteiger partial charge in [0.25, 0.3) is 11.7 Å². The number of hydrogen-bond acceptors (Lipinski definition) is 5.